The van der Waals surface area contributed by atoms with Crippen LogP contribution in [-0.2, 0) is 26.0 Å². The smallest absolute Gasteiger partial charge is 0.352 e. The Morgan fingerprint density at radius 3 is 2.21 bits per heavy atom. The van der Waals surface area contributed by atoms with Gasteiger partial charge in [-0.15, -0.1) is 0 Å². The van der Waals surface area contributed by atoms with Crippen LogP contribution in [0.3, 0.4) is 0 Å². The SMILES string of the molecule is CCC(CC)CN1CC(C(=O)NS(=O)(=O)c2ccc(CCNC(=O)c3ccccc3)cc2)=CC=C1C(=O)O. The van der Waals surface area contributed by atoms with Gasteiger partial charge >= 0.3 is 5.97 Å². The van der Waals surface area contributed by atoms with E-state index in [1.54, 1.807) is 41.3 Å². The minimum Gasteiger partial charge on any atom is -0.477 e. The first-order valence-corrected chi connectivity index (χ1v) is 14.0. The first kappa shape index (κ1) is 28.6. The zero-order valence-corrected chi connectivity index (χ0v) is 22.3. The number of allylic oxidation sites excluding steroid dienone is 2. The van der Waals surface area contributed by atoms with Gasteiger partial charge in [-0.25, -0.2) is 17.9 Å². The molecular formula is C28H33N3O6S. The summed E-state index contributed by atoms with van der Waals surface area (Å²) in [5.41, 5.74) is 1.62. The number of rotatable bonds is 12. The molecular weight excluding hydrogens is 506 g/mol. The molecule has 0 saturated carbocycles. The monoisotopic (exact) mass is 539 g/mol. The van der Waals surface area contributed by atoms with Gasteiger partial charge in [0.1, 0.15) is 5.70 Å². The lowest BCUT2D eigenvalue weighted by Gasteiger charge is -2.31. The highest BCUT2D eigenvalue weighted by molar-refractivity contribution is 7.90. The fourth-order valence-electron chi connectivity index (χ4n) is 4.10. The molecule has 0 radical (unpaired) electrons. The van der Waals surface area contributed by atoms with Crippen LogP contribution >= 0.6 is 0 Å². The molecule has 2 amide bonds. The third-order valence-corrected chi connectivity index (χ3v) is 7.83. The normalized spacial score (nSPS) is 13.5. The van der Waals surface area contributed by atoms with E-state index in [9.17, 15) is 27.9 Å². The molecule has 1 aliphatic heterocycles. The summed E-state index contributed by atoms with van der Waals surface area (Å²) in [6.45, 7) is 4.87. The highest BCUT2D eigenvalue weighted by atomic mass is 32.2. The van der Waals surface area contributed by atoms with Crippen molar-refractivity contribution < 1.29 is 27.9 Å². The molecule has 10 heteroatoms. The molecule has 0 fully saturated rings. The summed E-state index contributed by atoms with van der Waals surface area (Å²) < 4.78 is 27.8. The lowest BCUT2D eigenvalue weighted by molar-refractivity contribution is -0.134. The van der Waals surface area contributed by atoms with Crippen LogP contribution in [0.2, 0.25) is 0 Å². The minimum absolute atomic E-state index is 0.00360. The highest BCUT2D eigenvalue weighted by Crippen LogP contribution is 2.21. The van der Waals surface area contributed by atoms with Crippen molar-refractivity contribution >= 4 is 27.8 Å². The van der Waals surface area contributed by atoms with Gasteiger partial charge in [0, 0.05) is 30.8 Å². The maximum Gasteiger partial charge on any atom is 0.352 e. The van der Waals surface area contributed by atoms with Gasteiger partial charge < -0.3 is 15.3 Å². The minimum atomic E-state index is -4.14. The second-order valence-electron chi connectivity index (χ2n) is 9.06. The molecule has 0 unspecified atom stereocenters. The highest BCUT2D eigenvalue weighted by Gasteiger charge is 2.27. The van der Waals surface area contributed by atoms with Crippen LogP contribution in [0.1, 0.15) is 42.6 Å². The van der Waals surface area contributed by atoms with E-state index in [1.807, 2.05) is 19.9 Å². The zero-order valence-electron chi connectivity index (χ0n) is 21.5. The topological polar surface area (TPSA) is 133 Å². The zero-order chi connectivity index (χ0) is 27.7. The molecule has 2 aromatic carbocycles. The Bertz CT molecular complexity index is 1310. The largest absolute Gasteiger partial charge is 0.477 e. The standard InChI is InChI=1S/C28H33N3O6S/c1-3-20(4-2)18-31-19-23(12-15-25(31)28(34)35)27(33)30-38(36,37)24-13-10-21(11-14-24)16-17-29-26(32)22-8-6-5-7-9-22/h5-15,20H,3-4,16-19H2,1-2H3,(H,29,32)(H,30,33)(H,34,35). The first-order chi connectivity index (χ1) is 18.1. The quantitative estimate of drug-likeness (QED) is 0.377. The molecule has 0 aromatic heterocycles. The fraction of sp³-hybridized carbons (Fsp3) is 0.321. The van der Waals surface area contributed by atoms with Crippen molar-refractivity contribution in [2.45, 2.75) is 38.0 Å². The molecule has 38 heavy (non-hydrogen) atoms. The third-order valence-electron chi connectivity index (χ3n) is 6.48. The number of hydrogen-bond acceptors (Lipinski definition) is 6. The predicted octanol–water partition coefficient (Wildman–Crippen LogP) is 3.11. The van der Waals surface area contributed by atoms with Crippen molar-refractivity contribution in [1.82, 2.24) is 14.9 Å². The van der Waals surface area contributed by atoms with Gasteiger partial charge in [0.05, 0.1) is 4.90 Å². The van der Waals surface area contributed by atoms with Gasteiger partial charge in [-0.3, -0.25) is 9.59 Å². The van der Waals surface area contributed by atoms with Crippen molar-refractivity contribution in [2.75, 3.05) is 19.6 Å². The van der Waals surface area contributed by atoms with E-state index >= 15 is 0 Å². The number of nitrogens with zero attached hydrogens (tertiary/aromatic N) is 1. The van der Waals surface area contributed by atoms with Gasteiger partial charge in [-0.05, 0) is 54.3 Å². The van der Waals surface area contributed by atoms with Crippen LogP contribution in [0.25, 0.3) is 0 Å². The fourth-order valence-corrected chi connectivity index (χ4v) is 5.09. The molecule has 0 atom stereocenters. The molecule has 0 spiro atoms. The van der Waals surface area contributed by atoms with Crippen LogP contribution in [0.4, 0.5) is 0 Å². The summed E-state index contributed by atoms with van der Waals surface area (Å²) >= 11 is 0. The van der Waals surface area contributed by atoms with Gasteiger partial charge in [-0.1, -0.05) is 57.0 Å². The van der Waals surface area contributed by atoms with E-state index in [-0.39, 0.29) is 34.5 Å². The van der Waals surface area contributed by atoms with Crippen molar-refractivity contribution in [2.24, 2.45) is 5.92 Å². The number of aliphatic carboxylic acids is 1. The van der Waals surface area contributed by atoms with Crippen LogP contribution in [0, 0.1) is 5.92 Å². The Morgan fingerprint density at radius 1 is 0.947 bits per heavy atom. The number of carbonyl (C=O) groups is 3. The Hall–Kier alpha value is -3.92. The third kappa shape index (κ3) is 7.55. The van der Waals surface area contributed by atoms with Crippen molar-refractivity contribution in [1.29, 1.82) is 0 Å². The number of hydrogen-bond donors (Lipinski definition) is 3. The Kier molecular flexibility index (Phi) is 9.84. The van der Waals surface area contributed by atoms with Crippen LogP contribution in [0.15, 0.2) is 82.9 Å². The van der Waals surface area contributed by atoms with Crippen LogP contribution < -0.4 is 10.0 Å². The molecule has 9 nitrogen and oxygen atoms in total. The maximum absolute atomic E-state index is 12.8. The first-order valence-electron chi connectivity index (χ1n) is 12.5. The molecule has 1 heterocycles. The van der Waals surface area contributed by atoms with Gasteiger partial charge in [0.25, 0.3) is 21.8 Å². The average Bonchev–Trinajstić information content (AvgIpc) is 2.92. The number of sulfonamides is 1. The predicted molar refractivity (Wildman–Crippen MR) is 144 cm³/mol. The van der Waals surface area contributed by atoms with Crippen molar-refractivity contribution in [3.63, 3.8) is 0 Å². The molecule has 0 saturated heterocycles. The van der Waals surface area contributed by atoms with Gasteiger partial charge in [-0.2, -0.15) is 0 Å². The summed E-state index contributed by atoms with van der Waals surface area (Å²) in [5, 5.41) is 12.3. The summed E-state index contributed by atoms with van der Waals surface area (Å²) in [5.74, 6) is -1.84. The van der Waals surface area contributed by atoms with E-state index < -0.39 is 21.9 Å². The molecule has 202 valence electrons. The number of amides is 2. The number of carboxylic acid groups (broad SMARTS) is 1. The molecule has 3 N–H and O–H groups in total. The lowest BCUT2D eigenvalue weighted by Crippen LogP contribution is -2.40. The number of carboxylic acids is 1. The van der Waals surface area contributed by atoms with Gasteiger partial charge in [0.2, 0.25) is 0 Å². The Balaban J connectivity index is 1.61. The van der Waals surface area contributed by atoms with Crippen molar-refractivity contribution in [3.05, 3.63) is 89.1 Å². The van der Waals surface area contributed by atoms with Crippen LogP contribution in [-0.4, -0.2) is 55.8 Å². The van der Waals surface area contributed by atoms with E-state index in [0.29, 0.717) is 25.1 Å². The Morgan fingerprint density at radius 2 is 1.61 bits per heavy atom. The second-order valence-corrected chi connectivity index (χ2v) is 10.7. The number of nitrogens with one attached hydrogen (secondary N) is 2. The average molecular weight is 540 g/mol. The molecule has 2 aromatic rings. The summed E-state index contributed by atoms with van der Waals surface area (Å²) in [7, 11) is -4.14. The van der Waals surface area contributed by atoms with Crippen molar-refractivity contribution in [3.8, 4) is 0 Å². The van der Waals surface area contributed by atoms with E-state index in [1.165, 1.54) is 24.3 Å². The van der Waals surface area contributed by atoms with E-state index in [0.717, 1.165) is 18.4 Å². The number of carbonyl (C=O) groups excluding carboxylic acids is 2. The summed E-state index contributed by atoms with van der Waals surface area (Å²) in [4.78, 5) is 38.1. The second kappa shape index (κ2) is 13.0. The number of benzene rings is 2. The summed E-state index contributed by atoms with van der Waals surface area (Å²) in [6, 6.07) is 14.9. The summed E-state index contributed by atoms with van der Waals surface area (Å²) in [6.07, 6.45) is 4.90. The maximum atomic E-state index is 12.8. The van der Waals surface area contributed by atoms with Gasteiger partial charge in [0.15, 0.2) is 0 Å². The molecule has 0 bridgehead atoms. The molecule has 1 aliphatic rings. The molecule has 3 rings (SSSR count). The van der Waals surface area contributed by atoms with E-state index in [4.69, 9.17) is 0 Å². The van der Waals surface area contributed by atoms with Crippen LogP contribution in [0.5, 0.6) is 0 Å². The lowest BCUT2D eigenvalue weighted by atomic mass is 10.0. The van der Waals surface area contributed by atoms with E-state index in [2.05, 4.69) is 10.0 Å². The Labute approximate surface area is 223 Å². The molecule has 0 aliphatic carbocycles.